The first-order valence-electron chi connectivity index (χ1n) is 14.8. The minimum atomic E-state index is -4.83. The second-order valence-electron chi connectivity index (χ2n) is 11.9. The topological polar surface area (TPSA) is 206 Å². The van der Waals surface area contributed by atoms with Gasteiger partial charge in [0, 0.05) is 59.1 Å². The number of aromatic hydroxyl groups is 4. The van der Waals surface area contributed by atoms with E-state index in [9.17, 15) is 46.4 Å². The average Bonchev–Trinajstić information content (AvgIpc) is 3.34. The van der Waals surface area contributed by atoms with Crippen molar-refractivity contribution in [2.75, 3.05) is 0 Å². The van der Waals surface area contributed by atoms with Crippen LogP contribution >= 0.6 is 11.3 Å². The number of nitrogens with zero attached hydrogens (tertiary/aromatic N) is 2. The summed E-state index contributed by atoms with van der Waals surface area (Å²) >= 11 is 1.47. The summed E-state index contributed by atoms with van der Waals surface area (Å²) in [5.41, 5.74) is 1.86. The minimum Gasteiger partial charge on any atom is -0.507 e. The van der Waals surface area contributed by atoms with Crippen molar-refractivity contribution in [2.45, 2.75) is 42.4 Å². The molecule has 0 spiro atoms. The maximum atomic E-state index is 12.4. The van der Waals surface area contributed by atoms with Crippen LogP contribution < -0.4 is 4.68 Å². The van der Waals surface area contributed by atoms with Crippen molar-refractivity contribution in [3.63, 3.8) is 0 Å². The highest BCUT2D eigenvalue weighted by molar-refractivity contribution is 7.86. The fourth-order valence-corrected chi connectivity index (χ4v) is 7.94. The number of hydrogen-bond acceptors (Lipinski definition) is 10. The van der Waals surface area contributed by atoms with Crippen LogP contribution in [0.15, 0.2) is 64.4 Å². The molecule has 0 saturated heterocycles. The molecular weight excluding hydrogens is 693 g/mol. The molecule has 6 N–H and O–H groups in total. The van der Waals surface area contributed by atoms with Gasteiger partial charge in [-0.2, -0.15) is 16.8 Å². The number of rotatable bonds is 4. The fourth-order valence-electron chi connectivity index (χ4n) is 6.00. The third kappa shape index (κ3) is 7.02. The number of fused-ring (bicyclic) bond motifs is 8. The average molecular weight is 724 g/mol. The number of phenols is 4. The van der Waals surface area contributed by atoms with Crippen LogP contribution in [0.2, 0.25) is 0 Å². The monoisotopic (exact) mass is 723 g/mol. The second-order valence-corrected chi connectivity index (χ2v) is 15.9. The van der Waals surface area contributed by atoms with Crippen molar-refractivity contribution in [2.24, 2.45) is 7.05 Å². The van der Waals surface area contributed by atoms with Crippen LogP contribution in [0.4, 0.5) is 0 Å². The van der Waals surface area contributed by atoms with Gasteiger partial charge in [-0.3, -0.25) is 9.11 Å². The van der Waals surface area contributed by atoms with Crippen LogP contribution in [-0.4, -0.2) is 51.5 Å². The normalized spacial score (nSPS) is 13.6. The highest BCUT2D eigenvalue weighted by Gasteiger charge is 2.24. The van der Waals surface area contributed by atoms with E-state index in [-0.39, 0.29) is 58.6 Å². The van der Waals surface area contributed by atoms with E-state index in [1.54, 1.807) is 35.0 Å². The SMILES string of the molecule is Cc1n[n+](C)c(/C=C/c2cc3c(O)c(c2)Cc2cc(S(=O)(=O)O)cc(c2O)Cc2cc(S(=O)(=O)O)cc(c2O)Cc2cccc(c2O)C3)s1. The molecule has 1 heterocycles. The van der Waals surface area contributed by atoms with Gasteiger partial charge in [0.15, 0.2) is 12.1 Å². The van der Waals surface area contributed by atoms with E-state index in [1.807, 2.05) is 26.1 Å². The van der Waals surface area contributed by atoms with E-state index in [1.165, 1.54) is 11.3 Å². The van der Waals surface area contributed by atoms with E-state index in [4.69, 9.17) is 0 Å². The maximum Gasteiger partial charge on any atom is 0.294 e. The lowest BCUT2D eigenvalue weighted by molar-refractivity contribution is -0.727. The summed E-state index contributed by atoms with van der Waals surface area (Å²) in [5, 5.41) is 51.7. The summed E-state index contributed by atoms with van der Waals surface area (Å²) in [7, 11) is -7.81. The standard InChI is InChI=1S/C34H30N2O10S3/c1-18-35-36(2)30(47-18)7-6-19-8-22-10-20-4-3-5-21(31(20)37)11-24-14-28(48(41,42)43)16-26(33(24)39)13-27-17-29(49(44,45)46)15-25(34(27)40)12-23(9-19)32(22)38/h3-9,14-17H,10-13H2,1-2H3,(H5,37,39,40,41,42,43,44,45,46)/p+1. The van der Waals surface area contributed by atoms with Crippen LogP contribution in [0.5, 0.6) is 23.0 Å². The molecule has 1 aliphatic carbocycles. The van der Waals surface area contributed by atoms with Crippen LogP contribution in [0, 0.1) is 6.92 Å². The predicted octanol–water partition coefficient (Wildman–Crippen LogP) is 4.44. The van der Waals surface area contributed by atoms with Gasteiger partial charge in [0.2, 0.25) is 0 Å². The Morgan fingerprint density at radius 2 is 1.00 bits per heavy atom. The summed E-state index contributed by atoms with van der Waals surface area (Å²) in [4.78, 5) is -1.15. The Morgan fingerprint density at radius 1 is 0.633 bits per heavy atom. The highest BCUT2D eigenvalue weighted by atomic mass is 32.2. The highest BCUT2D eigenvalue weighted by Crippen LogP contribution is 2.39. The zero-order valence-corrected chi connectivity index (χ0v) is 28.6. The van der Waals surface area contributed by atoms with Gasteiger partial charge in [-0.15, -0.1) is 0 Å². The molecule has 5 aromatic rings. The third-order valence-electron chi connectivity index (χ3n) is 8.38. The molecule has 15 heteroatoms. The number of aromatic nitrogens is 2. The molecule has 4 aromatic carbocycles. The first-order chi connectivity index (χ1) is 23.0. The van der Waals surface area contributed by atoms with Gasteiger partial charge in [0.1, 0.15) is 23.0 Å². The molecule has 0 fully saturated rings. The molecule has 1 aliphatic rings. The van der Waals surface area contributed by atoms with Crippen molar-refractivity contribution in [1.29, 1.82) is 0 Å². The number of hydrogen-bond donors (Lipinski definition) is 6. The molecule has 6 rings (SSSR count). The lowest BCUT2D eigenvalue weighted by Gasteiger charge is -2.18. The zero-order valence-electron chi connectivity index (χ0n) is 26.1. The second kappa shape index (κ2) is 12.6. The lowest BCUT2D eigenvalue weighted by atomic mass is 9.90. The number of benzene rings is 4. The fraction of sp³-hybridized carbons (Fsp3) is 0.176. The molecule has 254 valence electrons. The summed E-state index contributed by atoms with van der Waals surface area (Å²) in [6, 6.07) is 12.4. The van der Waals surface area contributed by atoms with Crippen LogP contribution in [0.3, 0.4) is 0 Å². The zero-order chi connectivity index (χ0) is 35.4. The van der Waals surface area contributed by atoms with E-state index >= 15 is 0 Å². The minimum absolute atomic E-state index is 0.000396. The van der Waals surface area contributed by atoms with Gasteiger partial charge in [-0.1, -0.05) is 22.9 Å². The largest absolute Gasteiger partial charge is 0.507 e. The van der Waals surface area contributed by atoms with Crippen molar-refractivity contribution in [1.82, 2.24) is 5.10 Å². The third-order valence-corrected chi connectivity index (χ3v) is 11.0. The molecule has 0 aliphatic heterocycles. The van der Waals surface area contributed by atoms with Crippen LogP contribution in [0.25, 0.3) is 12.2 Å². The molecule has 0 amide bonds. The summed E-state index contributed by atoms with van der Waals surface area (Å²) < 4.78 is 70.9. The van der Waals surface area contributed by atoms with Gasteiger partial charge in [0.05, 0.1) is 9.79 Å². The Morgan fingerprint density at radius 3 is 1.37 bits per heavy atom. The Bertz CT molecular complexity index is 2420. The number of aryl methyl sites for hydroxylation is 2. The Kier molecular flexibility index (Phi) is 8.75. The summed E-state index contributed by atoms with van der Waals surface area (Å²) in [6.45, 7) is 1.88. The molecule has 8 bridgehead atoms. The van der Waals surface area contributed by atoms with E-state index in [0.29, 0.717) is 22.3 Å². The molecule has 12 nitrogen and oxygen atoms in total. The van der Waals surface area contributed by atoms with Crippen molar-refractivity contribution in [3.05, 3.63) is 115 Å². The molecule has 0 saturated carbocycles. The van der Waals surface area contributed by atoms with Gasteiger partial charge in [-0.25, -0.2) is 0 Å². The first-order valence-corrected chi connectivity index (χ1v) is 18.5. The van der Waals surface area contributed by atoms with Gasteiger partial charge < -0.3 is 20.4 Å². The van der Waals surface area contributed by atoms with Crippen molar-refractivity contribution >= 4 is 43.7 Å². The van der Waals surface area contributed by atoms with E-state index in [0.717, 1.165) is 34.3 Å². The molecule has 1 aromatic heterocycles. The molecule has 0 unspecified atom stereocenters. The molecular formula is C34H31N2O10S3+. The van der Waals surface area contributed by atoms with Crippen molar-refractivity contribution < 1.29 is 51.0 Å². The smallest absolute Gasteiger partial charge is 0.294 e. The summed E-state index contributed by atoms with van der Waals surface area (Å²) in [5.74, 6) is -1.14. The van der Waals surface area contributed by atoms with Gasteiger partial charge in [-0.05, 0) is 88.6 Å². The quantitative estimate of drug-likeness (QED) is 0.111. The summed E-state index contributed by atoms with van der Waals surface area (Å²) in [6.07, 6.45) is 2.86. The number of para-hydroxylation sites is 1. The van der Waals surface area contributed by atoms with Gasteiger partial charge in [0.25, 0.3) is 25.2 Å². The number of phenolic OH excluding ortho intramolecular Hbond substituents is 4. The van der Waals surface area contributed by atoms with E-state index < -0.39 is 47.9 Å². The maximum absolute atomic E-state index is 12.4. The molecule has 0 atom stereocenters. The first kappa shape index (κ1) is 34.1. The van der Waals surface area contributed by atoms with Crippen LogP contribution in [-0.2, 0) is 53.0 Å². The van der Waals surface area contributed by atoms with Crippen molar-refractivity contribution in [3.8, 4) is 23.0 Å². The van der Waals surface area contributed by atoms with Crippen LogP contribution in [0.1, 0.15) is 60.1 Å². The molecule has 0 radical (unpaired) electrons. The Hall–Kier alpha value is -4.80. The predicted molar refractivity (Wildman–Crippen MR) is 180 cm³/mol. The van der Waals surface area contributed by atoms with E-state index in [2.05, 4.69) is 5.10 Å². The van der Waals surface area contributed by atoms with Gasteiger partial charge >= 0.3 is 0 Å². The molecule has 49 heavy (non-hydrogen) atoms. The Labute approximate surface area is 286 Å². The Balaban J connectivity index is 1.62. The lowest BCUT2D eigenvalue weighted by Crippen LogP contribution is -2.32.